The molecule has 8 atom stereocenters. The number of carboxylic acid groups (broad SMARTS) is 1. The van der Waals surface area contributed by atoms with E-state index in [1.807, 2.05) is 191 Å². The number of aliphatic hydroxyl groups excluding tert-OH is 1. The lowest BCUT2D eigenvalue weighted by Crippen LogP contribution is -2.58. The Kier molecular flexibility index (Phi) is 29.6. The van der Waals surface area contributed by atoms with Crippen molar-refractivity contribution >= 4 is 115 Å². The second-order valence-corrected chi connectivity index (χ2v) is 33.2. The number of hydrogen-bond donors (Lipinski definition) is 7. The maximum absolute atomic E-state index is 14.3. The molecule has 19 nitrogen and oxygen atoms in total. The first-order valence-corrected chi connectivity index (χ1v) is 42.7. The zero-order valence-corrected chi connectivity index (χ0v) is 72.6. The summed E-state index contributed by atoms with van der Waals surface area (Å²) >= 11 is 24.9. The van der Waals surface area contributed by atoms with Gasteiger partial charge in [0.2, 0.25) is 11.8 Å². The summed E-state index contributed by atoms with van der Waals surface area (Å²) in [5.74, 6) is 0.109. The summed E-state index contributed by atoms with van der Waals surface area (Å²) in [7, 11) is 1.59. The highest BCUT2D eigenvalue weighted by atomic mass is 35.5. The van der Waals surface area contributed by atoms with Gasteiger partial charge in [-0.3, -0.25) is 29.3 Å². The van der Waals surface area contributed by atoms with E-state index in [-0.39, 0.29) is 54.6 Å². The number of aryl methyl sites for hydroxylation is 3. The van der Waals surface area contributed by atoms with E-state index in [0.29, 0.717) is 74.4 Å². The molecule has 4 unspecified atom stereocenters. The number of hydrogen-bond acceptors (Lipinski definition) is 13. The van der Waals surface area contributed by atoms with Crippen LogP contribution in [0.25, 0.3) is 21.8 Å². The van der Waals surface area contributed by atoms with Gasteiger partial charge in [-0.1, -0.05) is 206 Å². The van der Waals surface area contributed by atoms with Crippen LogP contribution in [0.15, 0.2) is 284 Å². The number of ether oxygens (including phenoxy) is 2. The number of fused-ring (bicyclic) bond motifs is 2. The number of aromatic nitrogens is 3. The smallest absolute Gasteiger partial charge is 0.326 e. The number of piperazine rings is 1. The van der Waals surface area contributed by atoms with E-state index in [1.165, 1.54) is 22.0 Å². The van der Waals surface area contributed by atoms with Gasteiger partial charge < -0.3 is 55.5 Å². The highest BCUT2D eigenvalue weighted by molar-refractivity contribution is 6.31. The van der Waals surface area contributed by atoms with Crippen LogP contribution in [0.4, 0.5) is 21.9 Å². The number of nitrogens with zero attached hydrogens (tertiary/aromatic N) is 6. The van der Waals surface area contributed by atoms with E-state index in [9.17, 15) is 34.5 Å². The number of benzene rings is 10. The number of H-pyrrole nitrogens is 1. The highest BCUT2D eigenvalue weighted by Gasteiger charge is 2.53. The Balaban J connectivity index is 0.000000144. The number of aliphatic hydroxyl groups is 1. The maximum atomic E-state index is 14.3. The van der Waals surface area contributed by atoms with Gasteiger partial charge in [0.15, 0.2) is 0 Å². The lowest BCUT2D eigenvalue weighted by Gasteiger charge is -2.52. The number of para-hydroxylation sites is 2. The van der Waals surface area contributed by atoms with E-state index in [0.717, 1.165) is 80.8 Å². The maximum Gasteiger partial charge on any atom is 0.326 e. The van der Waals surface area contributed by atoms with E-state index in [1.54, 1.807) is 84.4 Å². The summed E-state index contributed by atoms with van der Waals surface area (Å²) in [6.45, 7) is 11.8. The van der Waals surface area contributed by atoms with Gasteiger partial charge in [-0.25, -0.2) is 9.78 Å². The number of phenolic OH excluding ortho intramolecular Hbond substituents is 1. The molecule has 3 aliphatic rings. The van der Waals surface area contributed by atoms with Gasteiger partial charge in [-0.2, -0.15) is 0 Å². The number of urea groups is 1. The second kappa shape index (κ2) is 41.1. The van der Waals surface area contributed by atoms with Crippen molar-refractivity contribution in [3.63, 3.8) is 0 Å². The third kappa shape index (κ3) is 22.0. The number of aliphatic carboxylic acids is 1. The summed E-state index contributed by atoms with van der Waals surface area (Å²) in [4.78, 5) is 74.3. The Morgan fingerprint density at radius 1 is 0.667 bits per heavy atom. The molecule has 4 amide bonds. The van der Waals surface area contributed by atoms with E-state index >= 15 is 0 Å². The van der Waals surface area contributed by atoms with Crippen molar-refractivity contribution in [2.24, 2.45) is 10.4 Å². The number of amides is 4. The van der Waals surface area contributed by atoms with Crippen LogP contribution in [0.1, 0.15) is 146 Å². The molecule has 16 rings (SSSR count). The number of anilines is 3. The van der Waals surface area contributed by atoms with E-state index in [2.05, 4.69) is 97.8 Å². The summed E-state index contributed by atoms with van der Waals surface area (Å²) in [5.41, 5.74) is 13.6. The molecule has 7 N–H and O–H groups in total. The predicted octanol–water partition coefficient (Wildman–Crippen LogP) is 22.5. The minimum absolute atomic E-state index is 0.0421. The van der Waals surface area contributed by atoms with Gasteiger partial charge in [0.1, 0.15) is 41.2 Å². The summed E-state index contributed by atoms with van der Waals surface area (Å²) in [6.07, 6.45) is 8.73. The minimum atomic E-state index is -1.12. The largest absolute Gasteiger partial charge is 0.505 e. The Bertz CT molecular complexity index is 5800. The fraction of sp³-hybridized carbons (Fsp3) is 0.250. The molecule has 0 radical (unpaired) electrons. The Hall–Kier alpha value is -12.2. The zero-order valence-electron chi connectivity index (χ0n) is 69.5. The van der Waals surface area contributed by atoms with Gasteiger partial charge in [-0.05, 0) is 208 Å². The third-order valence-corrected chi connectivity index (χ3v) is 23.3. The standard InChI is InChI=1S/C30H30Cl2N4O4.C25H29Cl2NO4.C23H20N2O.C22H21N3/c1-18(2)40-25-16-23(39-3)12-13-24(25)29-34-27(19-4-8-21(31)9-5-19)28(20-6-10-22(32)11-7-20)36(29)30(38)35-15-14-33-26(37)17-35;1-4-21(15(2)29)28-23(16-8-10-18(26)11-9-16)20(17-6-5-7-19(27)12-17)13-25(3,24(28)32)14-22(30)31;1-16-12-13-18-14-15-20(23(26)22(18)24-16)21(17-8-4-2-5-9-17)25-19-10-6-3-7-11-19;1-2-7-22-21(6-1)18(16-24-22)5-3-4-17-8-10-19(11-9-17)25-20-12-14-23-15-13-20/h4-13,16,18,27-28H,14-15,17H2,1-3H3,(H,33,37);5-12,15,20-21,23,29H,4,13-14H2,1-3H3,(H,30,31);2-15,21,25-26H,1H3;1-2,6-16,24H,3-5H2,(H,23,25)/t;15-,20+,21-,23?,25+;;/m.0../s1. The summed E-state index contributed by atoms with van der Waals surface area (Å²) in [5, 5.41) is 45.5. The lowest BCUT2D eigenvalue weighted by molar-refractivity contribution is -0.163. The fourth-order valence-electron chi connectivity index (χ4n) is 16.4. The topological polar surface area (TPSA) is 247 Å². The Morgan fingerprint density at radius 2 is 1.30 bits per heavy atom. The molecule has 6 heterocycles. The SMILES string of the molecule is CC[C@@H]([C@H](C)O)N1C(=O)[C@@](C)(CC(=O)O)C[C@H](c2cccc(Cl)c2)C1c1ccc(Cl)cc1.COc1ccc(C2=NC(c3ccc(Cl)cc3)C(c3ccc(Cl)cc3)N2C(=O)N2CCNC(=O)C2)c(OC(C)C)c1.Cc1ccc2ccc(C(Nc3ccccc3)c3ccccc3)c(O)c2n1.c1ccc2c(CCCc3ccc(Nc4ccncc4)cc3)c[nH]c2c1. The van der Waals surface area contributed by atoms with Crippen LogP contribution in [0.3, 0.4) is 0 Å². The van der Waals surface area contributed by atoms with Crippen molar-refractivity contribution in [2.45, 2.75) is 128 Å². The van der Waals surface area contributed by atoms with Crippen LogP contribution in [0.2, 0.25) is 20.1 Å². The van der Waals surface area contributed by atoms with Crippen molar-refractivity contribution in [1.29, 1.82) is 0 Å². The molecule has 3 aromatic heterocycles. The molecule has 0 spiro atoms. The van der Waals surface area contributed by atoms with Crippen LogP contribution in [0.5, 0.6) is 17.2 Å². The first-order valence-electron chi connectivity index (χ1n) is 41.2. The first kappa shape index (κ1) is 88.6. The number of aromatic amines is 1. The monoisotopic (exact) mass is 1720 g/mol. The number of amidine groups is 1. The molecule has 2 saturated heterocycles. The van der Waals surface area contributed by atoms with Gasteiger partial charge in [0, 0.05) is 108 Å². The molecule has 0 saturated carbocycles. The van der Waals surface area contributed by atoms with Crippen LogP contribution < -0.4 is 25.4 Å². The minimum Gasteiger partial charge on any atom is -0.505 e. The number of carbonyl (C=O) groups excluding carboxylic acids is 3. The molecule has 0 aliphatic carbocycles. The molecular formula is C100H100Cl4N10O9. The number of carboxylic acids is 1. The van der Waals surface area contributed by atoms with Gasteiger partial charge in [0.05, 0.1) is 60.9 Å². The lowest BCUT2D eigenvalue weighted by atomic mass is 9.67. The number of aromatic hydroxyl groups is 1. The zero-order chi connectivity index (χ0) is 86.8. The number of aliphatic imine (C=N–C) groups is 1. The number of phenols is 1. The summed E-state index contributed by atoms with van der Waals surface area (Å²) < 4.78 is 11.7. The van der Waals surface area contributed by atoms with Crippen molar-refractivity contribution in [1.82, 2.24) is 35.0 Å². The predicted molar refractivity (Wildman–Crippen MR) is 492 cm³/mol. The van der Waals surface area contributed by atoms with Crippen LogP contribution in [-0.4, -0.2) is 120 Å². The molecule has 123 heavy (non-hydrogen) atoms. The van der Waals surface area contributed by atoms with Crippen LogP contribution in [0, 0.1) is 12.3 Å². The van der Waals surface area contributed by atoms with Crippen molar-refractivity contribution in [3.8, 4) is 17.2 Å². The number of methoxy groups -OCH3 is 1. The van der Waals surface area contributed by atoms with Gasteiger partial charge in [0.25, 0.3) is 0 Å². The summed E-state index contributed by atoms with van der Waals surface area (Å²) in [6, 6.07) is 82.0. The number of carbonyl (C=O) groups is 4. The Morgan fingerprint density at radius 3 is 1.93 bits per heavy atom. The van der Waals surface area contributed by atoms with Gasteiger partial charge >= 0.3 is 12.0 Å². The Labute approximate surface area is 737 Å². The molecular weight excluding hydrogens is 1630 g/mol. The van der Waals surface area contributed by atoms with Crippen molar-refractivity contribution in [2.75, 3.05) is 37.4 Å². The first-order chi connectivity index (χ1) is 59.4. The average Bonchev–Trinajstić information content (AvgIpc) is 1.72. The normalized spacial score (nSPS) is 17.5. The van der Waals surface area contributed by atoms with Crippen LogP contribution >= 0.6 is 46.4 Å². The number of halogens is 4. The third-order valence-electron chi connectivity index (χ3n) is 22.3. The molecule has 0 bridgehead atoms. The quantitative estimate of drug-likeness (QED) is 0.0315. The molecule has 23 heteroatoms. The number of likely N-dealkylation sites (tertiary alicyclic amines) is 1. The average molecular weight is 1730 g/mol. The second-order valence-electron chi connectivity index (χ2n) is 31.5. The van der Waals surface area contributed by atoms with Crippen LogP contribution in [-0.2, 0) is 27.2 Å². The number of nitrogens with one attached hydrogen (secondary N) is 4. The molecule has 632 valence electrons. The number of piperidine rings is 1. The molecule has 2 fully saturated rings. The number of rotatable bonds is 23. The fourth-order valence-corrected chi connectivity index (χ4v) is 17.0. The van der Waals surface area contributed by atoms with E-state index < -0.39 is 41.7 Å². The molecule has 13 aromatic rings. The van der Waals surface area contributed by atoms with Crippen molar-refractivity contribution < 1.29 is 44.0 Å². The highest BCUT2D eigenvalue weighted by Crippen LogP contribution is 2.53. The molecule has 10 aromatic carbocycles. The number of pyridine rings is 2. The van der Waals surface area contributed by atoms with Gasteiger partial charge in [-0.15, -0.1) is 0 Å². The molecule has 3 aliphatic heterocycles. The van der Waals surface area contributed by atoms with E-state index in [4.69, 9.17) is 60.9 Å². The van der Waals surface area contributed by atoms with Crippen molar-refractivity contribution in [3.05, 3.63) is 355 Å².